The monoisotopic (exact) mass is 409 g/mol. The Morgan fingerprint density at radius 3 is 2.32 bits per heavy atom. The van der Waals surface area contributed by atoms with Gasteiger partial charge in [-0.05, 0) is 24.3 Å². The van der Waals surface area contributed by atoms with Crippen molar-refractivity contribution in [2.75, 3.05) is 33.3 Å². The van der Waals surface area contributed by atoms with Gasteiger partial charge in [0.05, 0.1) is 26.7 Å². The van der Waals surface area contributed by atoms with E-state index in [1.807, 2.05) is 18.2 Å². The standard InChI is InChI=1S/C21H32NO2.BrH/c1-22-13-11-17(12-14-22)20(15-22)24-16-21(23,19-9-5-6-10-19)18-7-3-2-4-8-18;/h2-4,7-8,17,19-20,23H,5-6,9-16H2,1H3;1H/q+1;/p-1/t17?,20-,21+,22?;/m1./s1. The van der Waals surface area contributed by atoms with Crippen LogP contribution in [0.4, 0.5) is 0 Å². The number of hydrogen-bond donors (Lipinski definition) is 1. The zero-order chi connectivity index (χ0) is 16.6. The average molecular weight is 410 g/mol. The molecule has 5 rings (SSSR count). The normalized spacial score (nSPS) is 34.5. The number of ether oxygens (including phenoxy) is 1. The molecule has 4 fully saturated rings. The summed E-state index contributed by atoms with van der Waals surface area (Å²) in [6.07, 6.45) is 7.62. The van der Waals surface area contributed by atoms with Crippen LogP contribution in [0.1, 0.15) is 44.1 Å². The Bertz CT molecular complexity index is 552. The van der Waals surface area contributed by atoms with Gasteiger partial charge in [0.2, 0.25) is 0 Å². The fraction of sp³-hybridized carbons (Fsp3) is 0.714. The summed E-state index contributed by atoms with van der Waals surface area (Å²) in [5.74, 6) is 1.04. The highest BCUT2D eigenvalue weighted by Crippen LogP contribution is 2.42. The molecule has 3 saturated heterocycles. The second kappa shape index (κ2) is 7.67. The lowest BCUT2D eigenvalue weighted by atomic mass is 9.80. The van der Waals surface area contributed by atoms with Gasteiger partial charge in [0.1, 0.15) is 18.2 Å². The van der Waals surface area contributed by atoms with Crippen molar-refractivity contribution in [3.63, 3.8) is 0 Å². The van der Waals surface area contributed by atoms with Gasteiger partial charge < -0.3 is 31.3 Å². The molecule has 0 aromatic heterocycles. The minimum atomic E-state index is -0.817. The molecule has 25 heavy (non-hydrogen) atoms. The summed E-state index contributed by atoms with van der Waals surface area (Å²) in [6, 6.07) is 10.3. The average Bonchev–Trinajstić information content (AvgIpc) is 3.16. The maximum atomic E-state index is 11.6. The molecule has 2 bridgehead atoms. The van der Waals surface area contributed by atoms with Crippen LogP contribution in [0.5, 0.6) is 0 Å². The molecule has 0 radical (unpaired) electrons. The van der Waals surface area contributed by atoms with E-state index in [9.17, 15) is 5.11 Å². The minimum absolute atomic E-state index is 0. The number of nitrogens with zero attached hydrogens (tertiary/aromatic N) is 1. The van der Waals surface area contributed by atoms with Gasteiger partial charge in [0.15, 0.2) is 0 Å². The number of hydrogen-bond acceptors (Lipinski definition) is 2. The molecule has 4 heteroatoms. The summed E-state index contributed by atoms with van der Waals surface area (Å²) in [4.78, 5) is 0. The van der Waals surface area contributed by atoms with Crippen LogP contribution >= 0.6 is 0 Å². The van der Waals surface area contributed by atoms with Crippen LogP contribution in [0.15, 0.2) is 30.3 Å². The van der Waals surface area contributed by atoms with Crippen molar-refractivity contribution >= 4 is 0 Å². The Balaban J connectivity index is 0.00000182. The van der Waals surface area contributed by atoms with Crippen LogP contribution < -0.4 is 17.0 Å². The zero-order valence-electron chi connectivity index (χ0n) is 15.4. The summed E-state index contributed by atoms with van der Waals surface area (Å²) in [5.41, 5.74) is 0.223. The van der Waals surface area contributed by atoms with Crippen molar-refractivity contribution in [2.24, 2.45) is 11.8 Å². The van der Waals surface area contributed by atoms with Gasteiger partial charge in [0.25, 0.3) is 0 Å². The number of quaternary nitrogens is 1. The Labute approximate surface area is 162 Å². The number of rotatable bonds is 5. The summed E-state index contributed by atoms with van der Waals surface area (Å²) < 4.78 is 7.61. The predicted molar refractivity (Wildman–Crippen MR) is 95.5 cm³/mol. The molecule has 3 heterocycles. The Hall–Kier alpha value is -0.420. The van der Waals surface area contributed by atoms with Crippen molar-refractivity contribution in [1.29, 1.82) is 0 Å². The molecule has 0 unspecified atom stereocenters. The van der Waals surface area contributed by atoms with E-state index in [-0.39, 0.29) is 17.0 Å². The molecular formula is C21H32BrNO2. The van der Waals surface area contributed by atoms with E-state index >= 15 is 0 Å². The number of aliphatic hydroxyl groups is 1. The molecular weight excluding hydrogens is 378 g/mol. The summed E-state index contributed by atoms with van der Waals surface area (Å²) in [7, 11) is 2.37. The fourth-order valence-electron chi connectivity index (χ4n) is 5.34. The van der Waals surface area contributed by atoms with Crippen molar-refractivity contribution in [1.82, 2.24) is 0 Å². The highest BCUT2D eigenvalue weighted by atomic mass is 79.9. The molecule has 0 amide bonds. The summed E-state index contributed by atoms with van der Waals surface area (Å²) >= 11 is 0. The fourth-order valence-corrected chi connectivity index (χ4v) is 5.34. The first-order chi connectivity index (χ1) is 11.6. The molecule has 2 atom stereocenters. The quantitative estimate of drug-likeness (QED) is 0.709. The van der Waals surface area contributed by atoms with Gasteiger partial charge >= 0.3 is 0 Å². The van der Waals surface area contributed by atoms with E-state index in [1.165, 1.54) is 38.8 Å². The number of likely N-dealkylation sites (N-methyl/N-ethyl adjacent to an activating group) is 1. The van der Waals surface area contributed by atoms with Crippen molar-refractivity contribution in [2.45, 2.75) is 50.2 Å². The number of piperidine rings is 3. The second-order valence-electron chi connectivity index (χ2n) is 8.71. The van der Waals surface area contributed by atoms with Crippen LogP contribution in [0.2, 0.25) is 0 Å². The van der Waals surface area contributed by atoms with E-state index < -0.39 is 5.60 Å². The maximum absolute atomic E-state index is 11.6. The van der Waals surface area contributed by atoms with Crippen LogP contribution in [0.3, 0.4) is 0 Å². The van der Waals surface area contributed by atoms with Gasteiger partial charge in [0, 0.05) is 18.8 Å². The Kier molecular flexibility index (Phi) is 5.94. The third kappa shape index (κ3) is 3.83. The lowest BCUT2D eigenvalue weighted by Gasteiger charge is -2.50. The minimum Gasteiger partial charge on any atom is -1.00 e. The van der Waals surface area contributed by atoms with Crippen molar-refractivity contribution in [3.05, 3.63) is 35.9 Å². The summed E-state index contributed by atoms with van der Waals surface area (Å²) in [6.45, 7) is 4.19. The lowest BCUT2D eigenvalue weighted by molar-refractivity contribution is -0.928. The van der Waals surface area contributed by atoms with Crippen LogP contribution in [-0.2, 0) is 10.3 Å². The molecule has 0 spiro atoms. The van der Waals surface area contributed by atoms with Gasteiger partial charge in [-0.3, -0.25) is 0 Å². The van der Waals surface area contributed by atoms with Crippen molar-refractivity contribution < 1.29 is 31.3 Å². The molecule has 3 nitrogen and oxygen atoms in total. The highest BCUT2D eigenvalue weighted by molar-refractivity contribution is 5.24. The molecule has 1 aromatic carbocycles. The largest absolute Gasteiger partial charge is 1.00 e. The van der Waals surface area contributed by atoms with E-state index in [2.05, 4.69) is 19.2 Å². The van der Waals surface area contributed by atoms with Gasteiger partial charge in [-0.15, -0.1) is 0 Å². The zero-order valence-corrected chi connectivity index (χ0v) is 17.0. The SMILES string of the molecule is C[N+]12CCC(CC1)[C@H](OC[C@](O)(c1ccccc1)C1CCCC1)C2.[Br-]. The number of fused-ring (bicyclic) bond motifs is 3. The topological polar surface area (TPSA) is 29.5 Å². The van der Waals surface area contributed by atoms with Gasteiger partial charge in [-0.2, -0.15) is 0 Å². The molecule has 4 aliphatic rings. The highest BCUT2D eigenvalue weighted by Gasteiger charge is 2.46. The number of benzene rings is 1. The molecule has 1 N–H and O–H groups in total. The predicted octanol–water partition coefficient (Wildman–Crippen LogP) is 0.324. The molecule has 1 aromatic rings. The first-order valence-electron chi connectivity index (χ1n) is 9.82. The third-order valence-electron chi connectivity index (χ3n) is 7.05. The first-order valence-corrected chi connectivity index (χ1v) is 9.82. The molecule has 1 aliphatic carbocycles. The Morgan fingerprint density at radius 1 is 1.08 bits per heavy atom. The van der Waals surface area contributed by atoms with E-state index in [4.69, 9.17) is 4.74 Å². The Morgan fingerprint density at radius 2 is 1.72 bits per heavy atom. The smallest absolute Gasteiger partial charge is 0.116 e. The van der Waals surface area contributed by atoms with Crippen LogP contribution in [0.25, 0.3) is 0 Å². The van der Waals surface area contributed by atoms with Crippen LogP contribution in [-0.4, -0.2) is 49.0 Å². The molecule has 1 saturated carbocycles. The first kappa shape index (κ1) is 19.3. The van der Waals surface area contributed by atoms with Gasteiger partial charge in [-0.25, -0.2) is 0 Å². The maximum Gasteiger partial charge on any atom is 0.116 e. The van der Waals surface area contributed by atoms with E-state index in [1.54, 1.807) is 0 Å². The summed E-state index contributed by atoms with van der Waals surface area (Å²) in [5, 5.41) is 11.6. The van der Waals surface area contributed by atoms with Crippen LogP contribution in [0, 0.1) is 11.8 Å². The lowest BCUT2D eigenvalue weighted by Crippen LogP contribution is -3.00. The third-order valence-corrected chi connectivity index (χ3v) is 7.05. The van der Waals surface area contributed by atoms with E-state index in [0.717, 1.165) is 29.4 Å². The van der Waals surface area contributed by atoms with Crippen molar-refractivity contribution in [3.8, 4) is 0 Å². The van der Waals surface area contributed by atoms with E-state index in [0.29, 0.717) is 24.5 Å². The molecule has 140 valence electrons. The van der Waals surface area contributed by atoms with Gasteiger partial charge in [-0.1, -0.05) is 43.2 Å². The number of halogens is 1. The molecule has 3 aliphatic heterocycles. The second-order valence-corrected chi connectivity index (χ2v) is 8.71.